The molecule has 0 unspecified atom stereocenters. The van der Waals surface area contributed by atoms with Crippen LogP contribution in [0.5, 0.6) is 11.6 Å². The van der Waals surface area contributed by atoms with Gasteiger partial charge in [0, 0.05) is 18.8 Å². The average molecular weight is 381 g/mol. The third-order valence-corrected chi connectivity index (χ3v) is 4.09. The third kappa shape index (κ3) is 4.81. The van der Waals surface area contributed by atoms with E-state index in [0.29, 0.717) is 6.54 Å². The van der Waals surface area contributed by atoms with Gasteiger partial charge in [0.15, 0.2) is 0 Å². The number of benzene rings is 1. The lowest BCUT2D eigenvalue weighted by atomic mass is 10.2. The van der Waals surface area contributed by atoms with Crippen LogP contribution in [0.3, 0.4) is 0 Å². The number of methoxy groups -OCH3 is 1. The Hall–Kier alpha value is -2.97. The van der Waals surface area contributed by atoms with Gasteiger partial charge in [0.2, 0.25) is 5.88 Å². The quantitative estimate of drug-likeness (QED) is 0.865. The summed E-state index contributed by atoms with van der Waals surface area (Å²) in [6.07, 6.45) is -3.78. The number of nitrogens with one attached hydrogen (secondary N) is 1. The van der Waals surface area contributed by atoms with Crippen LogP contribution in [0.1, 0.15) is 11.1 Å². The minimum absolute atomic E-state index is 0.104. The van der Waals surface area contributed by atoms with E-state index in [1.165, 1.54) is 4.90 Å². The SMILES string of the molecule is COc1ccc(CNC(=O)N2CC(Oc3cc(C(F)(F)F)ccn3)C2)cc1. The maximum absolute atomic E-state index is 12.7. The molecule has 0 bridgehead atoms. The van der Waals surface area contributed by atoms with Crippen LogP contribution in [0, 0.1) is 0 Å². The summed E-state index contributed by atoms with van der Waals surface area (Å²) in [7, 11) is 1.58. The van der Waals surface area contributed by atoms with Gasteiger partial charge in [-0.2, -0.15) is 13.2 Å². The molecule has 1 aliphatic rings. The van der Waals surface area contributed by atoms with Crippen molar-refractivity contribution in [1.82, 2.24) is 15.2 Å². The van der Waals surface area contributed by atoms with Crippen molar-refractivity contribution in [3.05, 3.63) is 53.7 Å². The van der Waals surface area contributed by atoms with Gasteiger partial charge >= 0.3 is 12.2 Å². The minimum atomic E-state index is -4.45. The van der Waals surface area contributed by atoms with Gasteiger partial charge in [0.05, 0.1) is 25.8 Å². The van der Waals surface area contributed by atoms with Gasteiger partial charge in [-0.3, -0.25) is 0 Å². The Balaban J connectivity index is 1.44. The molecule has 2 aromatic rings. The number of urea groups is 1. The van der Waals surface area contributed by atoms with Crippen LogP contribution in [-0.4, -0.2) is 42.2 Å². The normalized spacial score (nSPS) is 14.4. The van der Waals surface area contributed by atoms with E-state index in [1.807, 2.05) is 12.1 Å². The third-order valence-electron chi connectivity index (χ3n) is 4.09. The fourth-order valence-electron chi connectivity index (χ4n) is 2.53. The fraction of sp³-hybridized carbons (Fsp3) is 0.333. The number of rotatable bonds is 5. The first-order chi connectivity index (χ1) is 12.8. The van der Waals surface area contributed by atoms with Crippen LogP contribution in [0.2, 0.25) is 0 Å². The van der Waals surface area contributed by atoms with Gasteiger partial charge < -0.3 is 19.7 Å². The van der Waals surface area contributed by atoms with E-state index < -0.39 is 11.7 Å². The molecule has 0 atom stereocenters. The number of pyridine rings is 1. The van der Waals surface area contributed by atoms with Crippen molar-refractivity contribution >= 4 is 6.03 Å². The van der Waals surface area contributed by atoms with Crippen molar-refractivity contribution in [2.24, 2.45) is 0 Å². The number of aromatic nitrogens is 1. The highest BCUT2D eigenvalue weighted by atomic mass is 19.4. The summed E-state index contributed by atoms with van der Waals surface area (Å²) in [4.78, 5) is 17.4. The predicted molar refractivity (Wildman–Crippen MR) is 90.5 cm³/mol. The first-order valence-electron chi connectivity index (χ1n) is 8.21. The van der Waals surface area contributed by atoms with E-state index >= 15 is 0 Å². The fourth-order valence-corrected chi connectivity index (χ4v) is 2.53. The van der Waals surface area contributed by atoms with Gasteiger partial charge in [0.1, 0.15) is 11.9 Å². The lowest BCUT2D eigenvalue weighted by Crippen LogP contribution is -2.58. The highest BCUT2D eigenvalue weighted by Crippen LogP contribution is 2.31. The summed E-state index contributed by atoms with van der Waals surface area (Å²) < 4.78 is 48.5. The number of likely N-dealkylation sites (tertiary alicyclic amines) is 1. The van der Waals surface area contributed by atoms with Gasteiger partial charge in [0.25, 0.3) is 0 Å². The van der Waals surface area contributed by atoms with Crippen LogP contribution in [0.25, 0.3) is 0 Å². The van der Waals surface area contributed by atoms with Crippen LogP contribution >= 0.6 is 0 Å². The molecule has 2 amide bonds. The molecule has 0 saturated carbocycles. The Bertz CT molecular complexity index is 790. The topological polar surface area (TPSA) is 63.7 Å². The number of alkyl halides is 3. The minimum Gasteiger partial charge on any atom is -0.497 e. The molecule has 144 valence electrons. The molecule has 0 spiro atoms. The summed E-state index contributed by atoms with van der Waals surface area (Å²) in [5.41, 5.74) is 0.103. The van der Waals surface area contributed by atoms with Crippen molar-refractivity contribution in [3.8, 4) is 11.6 Å². The number of hydrogen-bond donors (Lipinski definition) is 1. The van der Waals surface area contributed by atoms with Crippen LogP contribution in [0.4, 0.5) is 18.0 Å². The summed E-state index contributed by atoms with van der Waals surface area (Å²) in [6.45, 7) is 0.929. The Morgan fingerprint density at radius 3 is 2.59 bits per heavy atom. The first kappa shape index (κ1) is 18.8. The van der Waals surface area contributed by atoms with Crippen LogP contribution < -0.4 is 14.8 Å². The van der Waals surface area contributed by atoms with Crippen LogP contribution in [-0.2, 0) is 12.7 Å². The highest BCUT2D eigenvalue weighted by Gasteiger charge is 2.34. The Labute approximate surface area is 153 Å². The number of amides is 2. The summed E-state index contributed by atoms with van der Waals surface area (Å²) >= 11 is 0. The van der Waals surface area contributed by atoms with E-state index in [9.17, 15) is 18.0 Å². The molecule has 0 aliphatic carbocycles. The molecule has 3 rings (SSSR count). The second-order valence-corrected chi connectivity index (χ2v) is 6.03. The van der Waals surface area contributed by atoms with Crippen molar-refractivity contribution in [1.29, 1.82) is 0 Å². The number of halogens is 3. The number of ether oxygens (including phenoxy) is 2. The maximum atomic E-state index is 12.7. The number of carbonyl (C=O) groups excluding carboxylic acids is 1. The Morgan fingerprint density at radius 2 is 1.96 bits per heavy atom. The molecule has 1 aromatic heterocycles. The predicted octanol–water partition coefficient (Wildman–Crippen LogP) is 3.08. The van der Waals surface area contributed by atoms with Gasteiger partial charge in [-0.1, -0.05) is 12.1 Å². The zero-order chi connectivity index (χ0) is 19.4. The zero-order valence-electron chi connectivity index (χ0n) is 14.5. The molecule has 1 saturated heterocycles. The highest BCUT2D eigenvalue weighted by molar-refractivity contribution is 5.75. The Kier molecular flexibility index (Phi) is 5.38. The summed E-state index contributed by atoms with van der Waals surface area (Å²) in [6, 6.07) is 8.77. The summed E-state index contributed by atoms with van der Waals surface area (Å²) in [5, 5.41) is 2.78. The smallest absolute Gasteiger partial charge is 0.416 e. The number of hydrogen-bond acceptors (Lipinski definition) is 4. The maximum Gasteiger partial charge on any atom is 0.416 e. The van der Waals surface area contributed by atoms with Crippen molar-refractivity contribution < 1.29 is 27.4 Å². The number of nitrogens with zero attached hydrogens (tertiary/aromatic N) is 2. The summed E-state index contributed by atoms with van der Waals surface area (Å²) in [5.74, 6) is 0.629. The van der Waals surface area contributed by atoms with Gasteiger partial charge in [-0.25, -0.2) is 9.78 Å². The number of carbonyl (C=O) groups is 1. The largest absolute Gasteiger partial charge is 0.497 e. The average Bonchev–Trinajstić information content (AvgIpc) is 2.62. The van der Waals surface area contributed by atoms with E-state index in [4.69, 9.17) is 9.47 Å². The molecule has 1 aromatic carbocycles. The Morgan fingerprint density at radius 1 is 1.26 bits per heavy atom. The molecule has 1 fully saturated rings. The molecule has 1 aliphatic heterocycles. The molecule has 1 N–H and O–H groups in total. The molecular formula is C18H18F3N3O3. The lowest BCUT2D eigenvalue weighted by molar-refractivity contribution is -0.137. The lowest BCUT2D eigenvalue weighted by Gasteiger charge is -2.38. The molecular weight excluding hydrogens is 363 g/mol. The molecule has 2 heterocycles. The van der Waals surface area contributed by atoms with Crippen molar-refractivity contribution in [2.45, 2.75) is 18.8 Å². The molecule has 6 nitrogen and oxygen atoms in total. The zero-order valence-corrected chi connectivity index (χ0v) is 14.5. The first-order valence-corrected chi connectivity index (χ1v) is 8.21. The van der Waals surface area contributed by atoms with E-state index in [-0.39, 0.29) is 31.1 Å². The second kappa shape index (κ2) is 7.73. The van der Waals surface area contributed by atoms with E-state index in [2.05, 4.69) is 10.3 Å². The van der Waals surface area contributed by atoms with Crippen molar-refractivity contribution in [3.63, 3.8) is 0 Å². The molecule has 9 heteroatoms. The van der Waals surface area contributed by atoms with Gasteiger partial charge in [-0.05, 0) is 23.8 Å². The second-order valence-electron chi connectivity index (χ2n) is 6.03. The van der Waals surface area contributed by atoms with Crippen LogP contribution in [0.15, 0.2) is 42.6 Å². The van der Waals surface area contributed by atoms with E-state index in [1.54, 1.807) is 19.2 Å². The molecule has 0 radical (unpaired) electrons. The standard InChI is InChI=1S/C18H18F3N3O3/c1-26-14-4-2-12(3-5-14)9-23-17(25)24-10-15(11-24)27-16-8-13(6-7-22-16)18(19,20)21/h2-8,15H,9-11H2,1H3,(H,23,25). The van der Waals surface area contributed by atoms with E-state index in [0.717, 1.165) is 29.6 Å². The van der Waals surface area contributed by atoms with Gasteiger partial charge in [-0.15, -0.1) is 0 Å². The monoisotopic (exact) mass is 381 g/mol. The van der Waals surface area contributed by atoms with Crippen molar-refractivity contribution in [2.75, 3.05) is 20.2 Å². The molecule has 27 heavy (non-hydrogen) atoms.